The quantitative estimate of drug-likeness (QED) is 0.888. The molecule has 0 aromatic heterocycles. The molecule has 0 aliphatic heterocycles. The highest BCUT2D eigenvalue weighted by molar-refractivity contribution is 5.92. The molecule has 0 atom stereocenters. The van der Waals surface area contributed by atoms with E-state index >= 15 is 0 Å². The fourth-order valence-corrected chi connectivity index (χ4v) is 2.27. The third-order valence-electron chi connectivity index (χ3n) is 3.49. The average molecular weight is 313 g/mol. The molecule has 0 spiro atoms. The largest absolute Gasteiger partial charge is 0.484 e. The minimum atomic E-state index is -0.201. The van der Waals surface area contributed by atoms with Gasteiger partial charge in [0.15, 0.2) is 6.61 Å². The number of amides is 1. The smallest absolute Gasteiger partial charge is 0.262 e. The lowest BCUT2D eigenvalue weighted by Gasteiger charge is -2.23. The Morgan fingerprint density at radius 2 is 1.74 bits per heavy atom. The van der Waals surface area contributed by atoms with Crippen LogP contribution in [0.5, 0.6) is 5.75 Å². The predicted molar refractivity (Wildman–Crippen MR) is 91.6 cm³/mol. The summed E-state index contributed by atoms with van der Waals surface area (Å²) < 4.78 is 5.47. The van der Waals surface area contributed by atoms with Gasteiger partial charge in [-0.05, 0) is 34.7 Å². The van der Waals surface area contributed by atoms with Crippen LogP contribution in [0, 0.1) is 0 Å². The number of benzene rings is 2. The lowest BCUT2D eigenvalue weighted by molar-refractivity contribution is -0.118. The van der Waals surface area contributed by atoms with E-state index in [2.05, 4.69) is 26.1 Å². The van der Waals surface area contributed by atoms with Gasteiger partial charge >= 0.3 is 0 Å². The first-order valence-electron chi connectivity index (χ1n) is 7.62. The fourth-order valence-electron chi connectivity index (χ4n) is 2.27. The molecule has 0 aliphatic rings. The van der Waals surface area contributed by atoms with Crippen molar-refractivity contribution in [3.05, 3.63) is 59.7 Å². The second-order valence-corrected chi connectivity index (χ2v) is 6.43. The van der Waals surface area contributed by atoms with Gasteiger partial charge in [-0.15, -0.1) is 0 Å². The van der Waals surface area contributed by atoms with Gasteiger partial charge in [0.1, 0.15) is 5.75 Å². The van der Waals surface area contributed by atoms with Crippen molar-refractivity contribution in [2.24, 2.45) is 0 Å². The Labute approximate surface area is 137 Å². The van der Waals surface area contributed by atoms with Crippen molar-refractivity contribution in [1.82, 2.24) is 0 Å². The Kier molecular flexibility index (Phi) is 5.40. The van der Waals surface area contributed by atoms with Gasteiger partial charge in [-0.1, -0.05) is 51.1 Å². The van der Waals surface area contributed by atoms with E-state index in [-0.39, 0.29) is 24.5 Å². The standard InChI is InChI=1S/C19H23NO3/c1-19(2,3)16-6-4-5-7-17(16)20-18(22)13-23-15-10-8-14(12-21)9-11-15/h4-11,21H,12-13H2,1-3H3,(H,20,22). The van der Waals surface area contributed by atoms with Gasteiger partial charge in [0.25, 0.3) is 5.91 Å². The Morgan fingerprint density at radius 3 is 2.35 bits per heavy atom. The van der Waals surface area contributed by atoms with Crippen LogP contribution in [0.4, 0.5) is 5.69 Å². The molecule has 0 aliphatic carbocycles. The number of carbonyl (C=O) groups excluding carboxylic acids is 1. The van der Waals surface area contributed by atoms with Gasteiger partial charge in [-0.2, -0.15) is 0 Å². The van der Waals surface area contributed by atoms with Crippen LogP contribution in [0.15, 0.2) is 48.5 Å². The summed E-state index contributed by atoms with van der Waals surface area (Å²) in [5.41, 5.74) is 2.65. The Balaban J connectivity index is 1.97. The molecule has 0 fully saturated rings. The highest BCUT2D eigenvalue weighted by Gasteiger charge is 2.18. The van der Waals surface area contributed by atoms with Gasteiger partial charge in [-0.25, -0.2) is 0 Å². The van der Waals surface area contributed by atoms with Gasteiger partial charge in [0.05, 0.1) is 6.61 Å². The van der Waals surface area contributed by atoms with Crippen LogP contribution in [0.1, 0.15) is 31.9 Å². The average Bonchev–Trinajstić information content (AvgIpc) is 2.53. The molecule has 0 radical (unpaired) electrons. The number of nitrogens with one attached hydrogen (secondary N) is 1. The first-order chi connectivity index (χ1) is 10.9. The predicted octanol–water partition coefficient (Wildman–Crippen LogP) is 3.49. The van der Waals surface area contributed by atoms with Crippen molar-refractivity contribution in [2.45, 2.75) is 32.8 Å². The van der Waals surface area contributed by atoms with E-state index in [0.29, 0.717) is 5.75 Å². The van der Waals surface area contributed by atoms with Crippen LogP contribution < -0.4 is 10.1 Å². The number of hydrogen-bond acceptors (Lipinski definition) is 3. The van der Waals surface area contributed by atoms with Crippen molar-refractivity contribution < 1.29 is 14.6 Å². The topological polar surface area (TPSA) is 58.6 Å². The number of para-hydroxylation sites is 1. The minimum Gasteiger partial charge on any atom is -0.484 e. The summed E-state index contributed by atoms with van der Waals surface area (Å²) in [4.78, 5) is 12.1. The third-order valence-corrected chi connectivity index (χ3v) is 3.49. The van der Waals surface area contributed by atoms with Gasteiger partial charge in [0.2, 0.25) is 0 Å². The normalized spacial score (nSPS) is 11.1. The van der Waals surface area contributed by atoms with Crippen molar-refractivity contribution in [2.75, 3.05) is 11.9 Å². The van der Waals surface area contributed by atoms with E-state index in [1.807, 2.05) is 24.3 Å². The molecule has 2 aromatic rings. The summed E-state index contributed by atoms with van der Waals surface area (Å²) in [7, 11) is 0. The molecule has 2 rings (SSSR count). The summed E-state index contributed by atoms with van der Waals surface area (Å²) >= 11 is 0. The third kappa shape index (κ3) is 4.83. The Morgan fingerprint density at radius 1 is 1.09 bits per heavy atom. The zero-order valence-electron chi connectivity index (χ0n) is 13.8. The molecule has 2 aromatic carbocycles. The van der Waals surface area contributed by atoms with E-state index in [1.54, 1.807) is 24.3 Å². The highest BCUT2D eigenvalue weighted by Crippen LogP contribution is 2.29. The maximum Gasteiger partial charge on any atom is 0.262 e. The van der Waals surface area contributed by atoms with E-state index in [1.165, 1.54) is 0 Å². The van der Waals surface area contributed by atoms with Crippen molar-refractivity contribution in [3.63, 3.8) is 0 Å². The Hall–Kier alpha value is -2.33. The van der Waals surface area contributed by atoms with Crippen LogP contribution in [0.2, 0.25) is 0 Å². The summed E-state index contributed by atoms with van der Waals surface area (Å²) in [5.74, 6) is 0.398. The van der Waals surface area contributed by atoms with E-state index < -0.39 is 0 Å². The molecule has 2 N–H and O–H groups in total. The number of ether oxygens (including phenoxy) is 1. The van der Waals surface area contributed by atoms with Crippen LogP contribution >= 0.6 is 0 Å². The number of aliphatic hydroxyl groups excluding tert-OH is 1. The second kappa shape index (κ2) is 7.29. The van der Waals surface area contributed by atoms with Crippen LogP contribution in [-0.2, 0) is 16.8 Å². The lowest BCUT2D eigenvalue weighted by Crippen LogP contribution is -2.23. The maximum atomic E-state index is 12.1. The van der Waals surface area contributed by atoms with Crippen LogP contribution in [-0.4, -0.2) is 17.6 Å². The van der Waals surface area contributed by atoms with Crippen LogP contribution in [0.3, 0.4) is 0 Å². The van der Waals surface area contributed by atoms with Crippen LogP contribution in [0.25, 0.3) is 0 Å². The fraction of sp³-hybridized carbons (Fsp3) is 0.316. The zero-order chi connectivity index (χ0) is 16.9. The second-order valence-electron chi connectivity index (χ2n) is 6.43. The number of anilines is 1. The number of carbonyl (C=O) groups is 1. The van der Waals surface area contributed by atoms with Gasteiger partial charge in [0, 0.05) is 5.69 Å². The molecule has 0 unspecified atom stereocenters. The van der Waals surface area contributed by atoms with Crippen molar-refractivity contribution in [1.29, 1.82) is 0 Å². The molecule has 23 heavy (non-hydrogen) atoms. The molecular formula is C19H23NO3. The first kappa shape index (κ1) is 17.0. The lowest BCUT2D eigenvalue weighted by atomic mass is 9.86. The molecule has 0 heterocycles. The van der Waals surface area contributed by atoms with Gasteiger partial charge in [-0.3, -0.25) is 4.79 Å². The van der Waals surface area contributed by atoms with Crippen molar-refractivity contribution >= 4 is 11.6 Å². The Bertz CT molecular complexity index is 657. The van der Waals surface area contributed by atoms with E-state index in [9.17, 15) is 4.79 Å². The molecule has 4 nitrogen and oxygen atoms in total. The molecule has 4 heteroatoms. The molecule has 0 saturated heterocycles. The highest BCUT2D eigenvalue weighted by atomic mass is 16.5. The maximum absolute atomic E-state index is 12.1. The summed E-state index contributed by atoms with van der Waals surface area (Å²) in [6.07, 6.45) is 0. The summed E-state index contributed by atoms with van der Waals surface area (Å²) in [6.45, 7) is 6.26. The van der Waals surface area contributed by atoms with Gasteiger partial charge < -0.3 is 15.2 Å². The van der Waals surface area contributed by atoms with E-state index in [0.717, 1.165) is 16.8 Å². The first-order valence-corrected chi connectivity index (χ1v) is 7.62. The summed E-state index contributed by atoms with van der Waals surface area (Å²) in [6, 6.07) is 14.8. The summed E-state index contributed by atoms with van der Waals surface area (Å²) in [5, 5.41) is 11.9. The molecular weight excluding hydrogens is 290 g/mol. The van der Waals surface area contributed by atoms with E-state index in [4.69, 9.17) is 9.84 Å². The SMILES string of the molecule is CC(C)(C)c1ccccc1NC(=O)COc1ccc(CO)cc1. The molecule has 0 saturated carbocycles. The molecule has 122 valence electrons. The molecule has 0 bridgehead atoms. The monoisotopic (exact) mass is 313 g/mol. The molecule has 1 amide bonds. The minimum absolute atomic E-state index is 0.00957. The zero-order valence-corrected chi connectivity index (χ0v) is 13.8. The number of aliphatic hydroxyl groups is 1. The number of rotatable bonds is 5. The van der Waals surface area contributed by atoms with Crippen molar-refractivity contribution in [3.8, 4) is 5.75 Å². The number of hydrogen-bond donors (Lipinski definition) is 2.